The van der Waals surface area contributed by atoms with Crippen LogP contribution in [-0.2, 0) is 9.47 Å². The van der Waals surface area contributed by atoms with Crippen molar-refractivity contribution in [2.45, 2.75) is 44.2 Å². The first-order valence-corrected chi connectivity index (χ1v) is 6.33. The maximum Gasteiger partial charge on any atom is 0.330 e. The van der Waals surface area contributed by atoms with E-state index in [1.807, 2.05) is 4.98 Å². The monoisotopic (exact) mass is 304 g/mol. The van der Waals surface area contributed by atoms with E-state index in [0.29, 0.717) is 0 Å². The highest BCUT2D eigenvalue weighted by Gasteiger charge is 2.50. The van der Waals surface area contributed by atoms with Crippen LogP contribution in [0.4, 0.5) is 4.39 Å². The summed E-state index contributed by atoms with van der Waals surface area (Å²) in [5, 5.41) is 18.7. The largest absolute Gasteiger partial charge is 0.390 e. The van der Waals surface area contributed by atoms with Crippen LogP contribution in [0.1, 0.15) is 26.5 Å². The lowest BCUT2D eigenvalue weighted by molar-refractivity contribution is -0.228. The highest BCUT2D eigenvalue weighted by Crippen LogP contribution is 2.39. The number of alkyl halides is 1. The smallest absolute Gasteiger partial charge is 0.330 e. The third-order valence-electron chi connectivity index (χ3n) is 2.96. The summed E-state index contributed by atoms with van der Waals surface area (Å²) in [6.07, 6.45) is -1.48. The van der Waals surface area contributed by atoms with Crippen molar-refractivity contribution in [3.8, 4) is 0 Å². The maximum atomic E-state index is 14.2. The van der Waals surface area contributed by atoms with E-state index in [1.165, 1.54) is 13.8 Å². The maximum absolute atomic E-state index is 14.2. The van der Waals surface area contributed by atoms with Gasteiger partial charge in [0, 0.05) is 18.7 Å². The standard InChI is InChI=1S/C12H17FN2O6/c1-11(2,19)20-7-5-12(13,6-16)21-9(7)15-4-3-8(17)14-10(15)18/h3-4,7,9,16,19H,5-6H2,1-2H3,(H,14,17,18)/t7-,9-,12+/m1/s1. The SMILES string of the molecule is CC(C)(O)O[C@@H]1C[C@@](F)(CO)O[C@H]1n1ccc(=O)[nH]c1=O. The highest BCUT2D eigenvalue weighted by molar-refractivity contribution is 4.92. The Morgan fingerprint density at radius 3 is 2.81 bits per heavy atom. The molecule has 2 rings (SSSR count). The van der Waals surface area contributed by atoms with Gasteiger partial charge in [-0.3, -0.25) is 14.3 Å². The minimum absolute atomic E-state index is 0.371. The molecule has 1 aliphatic heterocycles. The first-order chi connectivity index (χ1) is 9.63. The van der Waals surface area contributed by atoms with Gasteiger partial charge in [-0.25, -0.2) is 9.18 Å². The molecular formula is C12H17FN2O6. The van der Waals surface area contributed by atoms with E-state index < -0.39 is 41.8 Å². The lowest BCUT2D eigenvalue weighted by atomic mass is 10.1. The van der Waals surface area contributed by atoms with Gasteiger partial charge in [0.05, 0.1) is 0 Å². The van der Waals surface area contributed by atoms with Crippen molar-refractivity contribution in [2.24, 2.45) is 0 Å². The number of aliphatic hydroxyl groups is 2. The van der Waals surface area contributed by atoms with E-state index in [0.717, 1.165) is 16.8 Å². The fourth-order valence-electron chi connectivity index (χ4n) is 2.18. The van der Waals surface area contributed by atoms with Gasteiger partial charge >= 0.3 is 5.69 Å². The zero-order chi connectivity index (χ0) is 15.8. The zero-order valence-corrected chi connectivity index (χ0v) is 11.6. The van der Waals surface area contributed by atoms with Gasteiger partial charge in [0.1, 0.15) is 12.7 Å². The number of rotatable bonds is 4. The Bertz CT molecular complexity index is 621. The van der Waals surface area contributed by atoms with Crippen LogP contribution in [0.5, 0.6) is 0 Å². The van der Waals surface area contributed by atoms with Crippen molar-refractivity contribution >= 4 is 0 Å². The van der Waals surface area contributed by atoms with Crippen LogP contribution in [0.2, 0.25) is 0 Å². The van der Waals surface area contributed by atoms with Gasteiger partial charge in [-0.15, -0.1) is 0 Å². The summed E-state index contributed by atoms with van der Waals surface area (Å²) in [5.74, 6) is -3.98. The van der Waals surface area contributed by atoms with Crippen molar-refractivity contribution in [1.82, 2.24) is 9.55 Å². The number of ether oxygens (including phenoxy) is 2. The molecule has 0 bridgehead atoms. The summed E-state index contributed by atoms with van der Waals surface area (Å²) < 4.78 is 25.5. The molecule has 1 aliphatic rings. The molecule has 0 saturated carbocycles. The second kappa shape index (κ2) is 5.34. The number of H-pyrrole nitrogens is 1. The predicted molar refractivity (Wildman–Crippen MR) is 68.2 cm³/mol. The van der Waals surface area contributed by atoms with E-state index in [4.69, 9.17) is 14.6 Å². The van der Waals surface area contributed by atoms with E-state index in [1.54, 1.807) is 0 Å². The fourth-order valence-corrected chi connectivity index (χ4v) is 2.18. The molecule has 1 fully saturated rings. The van der Waals surface area contributed by atoms with Gasteiger partial charge in [0.25, 0.3) is 5.56 Å². The lowest BCUT2D eigenvalue weighted by Gasteiger charge is -2.26. The average Bonchev–Trinajstić information content (AvgIpc) is 2.65. The molecule has 0 aliphatic carbocycles. The van der Waals surface area contributed by atoms with Crippen molar-refractivity contribution in [3.05, 3.63) is 33.1 Å². The topological polar surface area (TPSA) is 114 Å². The highest BCUT2D eigenvalue weighted by atomic mass is 19.2. The second-order valence-corrected chi connectivity index (χ2v) is 5.37. The molecule has 21 heavy (non-hydrogen) atoms. The molecule has 1 aromatic rings. The summed E-state index contributed by atoms with van der Waals surface area (Å²) in [7, 11) is 0. The Morgan fingerprint density at radius 2 is 2.29 bits per heavy atom. The van der Waals surface area contributed by atoms with Gasteiger partial charge in [0.15, 0.2) is 12.0 Å². The molecule has 1 saturated heterocycles. The minimum atomic E-state index is -2.39. The van der Waals surface area contributed by atoms with Crippen molar-refractivity contribution in [2.75, 3.05) is 6.61 Å². The Morgan fingerprint density at radius 1 is 1.62 bits per heavy atom. The molecule has 118 valence electrons. The molecule has 0 amide bonds. The summed E-state index contributed by atoms with van der Waals surface area (Å²) >= 11 is 0. The normalized spacial score (nSPS) is 29.8. The lowest BCUT2D eigenvalue weighted by Crippen LogP contribution is -2.39. The van der Waals surface area contributed by atoms with Crippen LogP contribution in [0.15, 0.2) is 21.9 Å². The minimum Gasteiger partial charge on any atom is -0.390 e. The number of nitrogens with zero attached hydrogens (tertiary/aromatic N) is 1. The number of hydrogen-bond donors (Lipinski definition) is 3. The molecule has 8 nitrogen and oxygen atoms in total. The average molecular weight is 304 g/mol. The number of nitrogens with one attached hydrogen (secondary N) is 1. The molecule has 2 heterocycles. The van der Waals surface area contributed by atoms with Gasteiger partial charge in [-0.2, -0.15) is 0 Å². The Hall–Kier alpha value is -1.55. The van der Waals surface area contributed by atoms with Crippen molar-refractivity contribution in [1.29, 1.82) is 0 Å². The molecule has 0 spiro atoms. The van der Waals surface area contributed by atoms with E-state index in [9.17, 15) is 19.1 Å². The van der Waals surface area contributed by atoms with Crippen LogP contribution in [0.25, 0.3) is 0 Å². The van der Waals surface area contributed by atoms with Gasteiger partial charge in [-0.1, -0.05) is 0 Å². The van der Waals surface area contributed by atoms with Crippen molar-refractivity contribution in [3.63, 3.8) is 0 Å². The van der Waals surface area contributed by atoms with Crippen LogP contribution >= 0.6 is 0 Å². The Balaban J connectivity index is 2.38. The fraction of sp³-hybridized carbons (Fsp3) is 0.667. The summed E-state index contributed by atoms with van der Waals surface area (Å²) in [6, 6.07) is 1.07. The predicted octanol–water partition coefficient (Wildman–Crippen LogP) is -0.773. The van der Waals surface area contributed by atoms with E-state index in [-0.39, 0.29) is 6.42 Å². The summed E-state index contributed by atoms with van der Waals surface area (Å²) in [4.78, 5) is 24.8. The van der Waals surface area contributed by atoms with Crippen molar-refractivity contribution < 1.29 is 24.1 Å². The van der Waals surface area contributed by atoms with E-state index >= 15 is 0 Å². The van der Waals surface area contributed by atoms with E-state index in [2.05, 4.69) is 0 Å². The zero-order valence-electron chi connectivity index (χ0n) is 11.6. The molecule has 3 N–H and O–H groups in total. The molecule has 0 aromatic carbocycles. The van der Waals surface area contributed by atoms with Crippen LogP contribution in [0.3, 0.4) is 0 Å². The van der Waals surface area contributed by atoms with Crippen LogP contribution < -0.4 is 11.2 Å². The Labute approximate surface area is 118 Å². The first kappa shape index (κ1) is 15.8. The number of aliphatic hydroxyl groups excluding tert-OH is 1. The number of halogens is 1. The molecule has 9 heteroatoms. The Kier molecular flexibility index (Phi) is 4.02. The number of hydrogen-bond acceptors (Lipinski definition) is 6. The third kappa shape index (κ3) is 3.56. The molecule has 0 radical (unpaired) electrons. The number of aromatic amines is 1. The summed E-state index contributed by atoms with van der Waals surface area (Å²) in [5.41, 5.74) is -1.41. The van der Waals surface area contributed by atoms with Crippen LogP contribution in [0, 0.1) is 0 Å². The first-order valence-electron chi connectivity index (χ1n) is 6.33. The van der Waals surface area contributed by atoms with Gasteiger partial charge < -0.3 is 19.7 Å². The van der Waals surface area contributed by atoms with Gasteiger partial charge in [0.2, 0.25) is 5.85 Å². The quantitative estimate of drug-likeness (QED) is 0.629. The molecular weight excluding hydrogens is 287 g/mol. The second-order valence-electron chi connectivity index (χ2n) is 5.37. The van der Waals surface area contributed by atoms with Gasteiger partial charge in [-0.05, 0) is 13.8 Å². The van der Waals surface area contributed by atoms with Crippen LogP contribution in [-0.4, -0.2) is 44.1 Å². The molecule has 1 aromatic heterocycles. The summed E-state index contributed by atoms with van der Waals surface area (Å²) in [6.45, 7) is 1.76. The number of aromatic nitrogens is 2. The molecule has 0 unspecified atom stereocenters. The third-order valence-corrected chi connectivity index (χ3v) is 2.96. The molecule has 3 atom stereocenters.